The number of nitrogens with zero attached hydrogens (tertiary/aromatic N) is 1. The molecular weight excluding hydrogens is 340 g/mol. The van der Waals surface area contributed by atoms with Crippen molar-refractivity contribution < 1.29 is 4.74 Å². The molecule has 0 bridgehead atoms. The largest absolute Gasteiger partial charge is 0.383 e. The van der Waals surface area contributed by atoms with Crippen LogP contribution in [0.4, 0.5) is 0 Å². The standard InChI is InChI=1S/C15H22BrClN2O/c1-20-9-8-19-7-3-2-4-14(18)15(19)12-10-11(17)5-6-13(12)16/h5-6,10,14-15H,2-4,7-9,18H2,1H3. The van der Waals surface area contributed by atoms with Crippen LogP contribution in [-0.4, -0.2) is 37.7 Å². The van der Waals surface area contributed by atoms with Crippen molar-refractivity contribution >= 4 is 27.5 Å². The van der Waals surface area contributed by atoms with Crippen LogP contribution in [0.15, 0.2) is 22.7 Å². The monoisotopic (exact) mass is 360 g/mol. The molecule has 5 heteroatoms. The highest BCUT2D eigenvalue weighted by Gasteiger charge is 2.30. The quantitative estimate of drug-likeness (QED) is 0.890. The lowest BCUT2D eigenvalue weighted by Crippen LogP contribution is -2.41. The molecule has 2 N–H and O–H groups in total. The lowest BCUT2D eigenvalue weighted by Gasteiger charge is -2.34. The summed E-state index contributed by atoms with van der Waals surface area (Å²) in [7, 11) is 1.74. The number of hydrogen-bond acceptors (Lipinski definition) is 3. The van der Waals surface area contributed by atoms with Gasteiger partial charge in [0.15, 0.2) is 0 Å². The van der Waals surface area contributed by atoms with Gasteiger partial charge in [-0.05, 0) is 43.1 Å². The van der Waals surface area contributed by atoms with Gasteiger partial charge in [0.25, 0.3) is 0 Å². The SMILES string of the molecule is COCCN1CCCCC(N)C1c1cc(Cl)ccc1Br. The zero-order valence-electron chi connectivity index (χ0n) is 11.8. The maximum Gasteiger partial charge on any atom is 0.0589 e. The van der Waals surface area contributed by atoms with Crippen LogP contribution >= 0.6 is 27.5 Å². The van der Waals surface area contributed by atoms with Crippen molar-refractivity contribution in [3.8, 4) is 0 Å². The number of nitrogens with two attached hydrogens (primary N) is 1. The molecule has 0 saturated carbocycles. The van der Waals surface area contributed by atoms with Crippen molar-refractivity contribution in [2.24, 2.45) is 5.73 Å². The predicted octanol–water partition coefficient (Wildman–Crippen LogP) is 3.60. The van der Waals surface area contributed by atoms with E-state index >= 15 is 0 Å². The molecule has 0 aromatic heterocycles. The molecule has 1 aliphatic heterocycles. The van der Waals surface area contributed by atoms with Crippen molar-refractivity contribution in [1.82, 2.24) is 4.90 Å². The van der Waals surface area contributed by atoms with Gasteiger partial charge in [-0.1, -0.05) is 34.0 Å². The van der Waals surface area contributed by atoms with E-state index in [1.807, 2.05) is 18.2 Å². The van der Waals surface area contributed by atoms with Crippen molar-refractivity contribution in [3.63, 3.8) is 0 Å². The zero-order valence-corrected chi connectivity index (χ0v) is 14.2. The average Bonchev–Trinajstić information content (AvgIpc) is 2.61. The highest BCUT2D eigenvalue weighted by Crippen LogP contribution is 2.35. The Kier molecular flexibility index (Phi) is 6.30. The van der Waals surface area contributed by atoms with E-state index in [0.717, 1.165) is 35.6 Å². The highest BCUT2D eigenvalue weighted by atomic mass is 79.9. The fourth-order valence-corrected chi connectivity index (χ4v) is 3.55. The van der Waals surface area contributed by atoms with Crippen LogP contribution in [0.5, 0.6) is 0 Å². The van der Waals surface area contributed by atoms with Gasteiger partial charge < -0.3 is 10.5 Å². The van der Waals surface area contributed by atoms with Gasteiger partial charge in [0, 0.05) is 29.2 Å². The fourth-order valence-electron chi connectivity index (χ4n) is 2.89. The Labute approximate surface area is 134 Å². The first-order chi connectivity index (χ1) is 9.63. The van der Waals surface area contributed by atoms with Crippen molar-refractivity contribution in [2.75, 3.05) is 26.8 Å². The van der Waals surface area contributed by atoms with E-state index in [-0.39, 0.29) is 12.1 Å². The molecule has 2 rings (SSSR count). The number of likely N-dealkylation sites (tertiary alicyclic amines) is 1. The highest BCUT2D eigenvalue weighted by molar-refractivity contribution is 9.10. The van der Waals surface area contributed by atoms with E-state index in [1.54, 1.807) is 7.11 Å². The topological polar surface area (TPSA) is 38.5 Å². The number of benzene rings is 1. The van der Waals surface area contributed by atoms with Gasteiger partial charge in [-0.25, -0.2) is 0 Å². The summed E-state index contributed by atoms with van der Waals surface area (Å²) in [6, 6.07) is 6.26. The Morgan fingerprint density at radius 3 is 3.00 bits per heavy atom. The fraction of sp³-hybridized carbons (Fsp3) is 0.600. The molecule has 20 heavy (non-hydrogen) atoms. The van der Waals surface area contributed by atoms with Gasteiger partial charge >= 0.3 is 0 Å². The van der Waals surface area contributed by atoms with E-state index in [1.165, 1.54) is 18.4 Å². The summed E-state index contributed by atoms with van der Waals surface area (Å²) in [6.07, 6.45) is 3.42. The molecular formula is C15H22BrClN2O. The Morgan fingerprint density at radius 2 is 2.25 bits per heavy atom. The zero-order chi connectivity index (χ0) is 14.5. The summed E-state index contributed by atoms with van der Waals surface area (Å²) in [4.78, 5) is 2.43. The van der Waals surface area contributed by atoms with E-state index in [9.17, 15) is 0 Å². The van der Waals surface area contributed by atoms with Crippen molar-refractivity contribution in [1.29, 1.82) is 0 Å². The van der Waals surface area contributed by atoms with E-state index in [4.69, 9.17) is 22.1 Å². The van der Waals surface area contributed by atoms with Crippen LogP contribution in [-0.2, 0) is 4.74 Å². The summed E-state index contributed by atoms with van der Waals surface area (Å²) in [5.74, 6) is 0. The van der Waals surface area contributed by atoms with Crippen LogP contribution in [0.1, 0.15) is 30.9 Å². The van der Waals surface area contributed by atoms with Crippen molar-refractivity contribution in [3.05, 3.63) is 33.3 Å². The second-order valence-corrected chi connectivity index (χ2v) is 6.59. The Bertz CT molecular complexity index is 444. The van der Waals surface area contributed by atoms with Gasteiger partial charge in [-0.3, -0.25) is 4.90 Å². The molecule has 0 spiro atoms. The number of rotatable bonds is 4. The van der Waals surface area contributed by atoms with E-state index < -0.39 is 0 Å². The molecule has 2 atom stereocenters. The molecule has 3 nitrogen and oxygen atoms in total. The van der Waals surface area contributed by atoms with Crippen LogP contribution in [0, 0.1) is 0 Å². The van der Waals surface area contributed by atoms with Gasteiger partial charge in [0.1, 0.15) is 0 Å². The maximum atomic E-state index is 6.45. The van der Waals surface area contributed by atoms with Gasteiger partial charge in [0.05, 0.1) is 12.6 Å². The smallest absolute Gasteiger partial charge is 0.0589 e. The minimum absolute atomic E-state index is 0.129. The summed E-state index contributed by atoms with van der Waals surface area (Å²) >= 11 is 9.81. The molecule has 1 aromatic carbocycles. The van der Waals surface area contributed by atoms with Crippen LogP contribution in [0.25, 0.3) is 0 Å². The number of methoxy groups -OCH3 is 1. The summed E-state index contributed by atoms with van der Waals surface area (Å²) in [5.41, 5.74) is 7.63. The molecule has 1 heterocycles. The van der Waals surface area contributed by atoms with Crippen molar-refractivity contribution in [2.45, 2.75) is 31.3 Å². The minimum atomic E-state index is 0.129. The molecule has 1 aliphatic rings. The molecule has 1 aromatic rings. The third-order valence-corrected chi connectivity index (χ3v) is 4.85. The molecule has 0 radical (unpaired) electrons. The summed E-state index contributed by atoms with van der Waals surface area (Å²) in [5, 5.41) is 0.756. The Morgan fingerprint density at radius 1 is 1.45 bits per heavy atom. The number of hydrogen-bond donors (Lipinski definition) is 1. The first-order valence-corrected chi connectivity index (χ1v) is 8.24. The first kappa shape index (κ1) is 16.2. The summed E-state index contributed by atoms with van der Waals surface area (Å²) in [6.45, 7) is 2.68. The van der Waals surface area contributed by atoms with E-state index in [0.29, 0.717) is 0 Å². The normalized spacial score (nSPS) is 24.6. The average molecular weight is 362 g/mol. The molecule has 0 aliphatic carbocycles. The Hall–Kier alpha value is -0.130. The minimum Gasteiger partial charge on any atom is -0.383 e. The molecule has 2 unspecified atom stereocenters. The van der Waals surface area contributed by atoms with Gasteiger partial charge in [-0.15, -0.1) is 0 Å². The third kappa shape index (κ3) is 3.95. The van der Waals surface area contributed by atoms with Crippen LogP contribution < -0.4 is 5.73 Å². The van der Waals surface area contributed by atoms with Crippen LogP contribution in [0.2, 0.25) is 5.02 Å². The second-order valence-electron chi connectivity index (χ2n) is 5.30. The van der Waals surface area contributed by atoms with Crippen LogP contribution in [0.3, 0.4) is 0 Å². The molecule has 1 fully saturated rings. The molecule has 0 amide bonds. The van der Waals surface area contributed by atoms with Gasteiger partial charge in [-0.2, -0.15) is 0 Å². The predicted molar refractivity (Wildman–Crippen MR) is 87.2 cm³/mol. The van der Waals surface area contributed by atoms with Gasteiger partial charge in [0.2, 0.25) is 0 Å². The molecule has 112 valence electrons. The lowest BCUT2D eigenvalue weighted by molar-refractivity contribution is 0.114. The first-order valence-electron chi connectivity index (χ1n) is 7.07. The summed E-state index contributed by atoms with van der Waals surface area (Å²) < 4.78 is 6.31. The van der Waals surface area contributed by atoms with E-state index in [2.05, 4.69) is 20.8 Å². The second kappa shape index (κ2) is 7.76. The lowest BCUT2D eigenvalue weighted by atomic mass is 9.96. The number of halogens is 2. The third-order valence-electron chi connectivity index (χ3n) is 3.89. The maximum absolute atomic E-state index is 6.45. The molecule has 1 saturated heterocycles. The number of ether oxygens (including phenoxy) is 1. The Balaban J connectivity index is 2.31.